The fraction of sp³-hybridized carbons (Fsp3) is 0.562. The molecule has 1 atom stereocenters. The van der Waals surface area contributed by atoms with Gasteiger partial charge in [0.05, 0.1) is 13.2 Å². The van der Waals surface area contributed by atoms with Crippen molar-refractivity contribution in [1.29, 1.82) is 0 Å². The number of carbonyl (C=O) groups excluding carboxylic acids is 1. The predicted octanol–water partition coefficient (Wildman–Crippen LogP) is 2.73. The first-order valence-corrected chi connectivity index (χ1v) is 7.22. The fourth-order valence-electron chi connectivity index (χ4n) is 2.29. The Kier molecular flexibility index (Phi) is 6.02. The molecule has 0 amide bonds. The van der Waals surface area contributed by atoms with Crippen LogP contribution in [0.1, 0.15) is 31.4 Å². The topological polar surface area (TPSA) is 44.8 Å². The molecule has 1 aliphatic heterocycles. The van der Waals surface area contributed by atoms with Crippen molar-refractivity contribution in [2.75, 3.05) is 26.4 Å². The molecule has 1 fully saturated rings. The number of hydrogen-bond donors (Lipinski definition) is 0. The second-order valence-electron chi connectivity index (χ2n) is 4.93. The van der Waals surface area contributed by atoms with Crippen LogP contribution in [0.25, 0.3) is 0 Å². The average Bonchev–Trinajstić information content (AvgIpc) is 2.50. The van der Waals surface area contributed by atoms with E-state index in [1.54, 1.807) is 6.92 Å². The van der Waals surface area contributed by atoms with Gasteiger partial charge in [-0.1, -0.05) is 30.3 Å². The molecule has 0 aromatic heterocycles. The van der Waals surface area contributed by atoms with Crippen LogP contribution in [0.3, 0.4) is 0 Å². The van der Waals surface area contributed by atoms with E-state index in [0.29, 0.717) is 19.1 Å². The van der Waals surface area contributed by atoms with Crippen LogP contribution in [-0.2, 0) is 19.0 Å². The van der Waals surface area contributed by atoms with Crippen LogP contribution in [0.2, 0.25) is 0 Å². The minimum Gasteiger partial charge on any atom is -0.464 e. The van der Waals surface area contributed by atoms with Gasteiger partial charge in [0, 0.05) is 13.2 Å². The van der Waals surface area contributed by atoms with Crippen molar-refractivity contribution >= 4 is 5.97 Å². The SMILES string of the molecule is CCOC(=O)C(OCC1CCOCC1)c1ccccc1. The number of rotatable bonds is 6. The Morgan fingerprint density at radius 3 is 2.65 bits per heavy atom. The van der Waals surface area contributed by atoms with Gasteiger partial charge in [0.25, 0.3) is 0 Å². The molecular formula is C16H22O4. The molecule has 4 heteroatoms. The standard InChI is InChI=1S/C16H22O4/c1-2-19-16(17)15(14-6-4-3-5-7-14)20-12-13-8-10-18-11-9-13/h3-7,13,15H,2,8-12H2,1H3. The summed E-state index contributed by atoms with van der Waals surface area (Å²) in [5, 5.41) is 0. The summed E-state index contributed by atoms with van der Waals surface area (Å²) in [6.07, 6.45) is 1.35. The third-order valence-electron chi connectivity index (χ3n) is 3.44. The van der Waals surface area contributed by atoms with Crippen molar-refractivity contribution in [3.8, 4) is 0 Å². The van der Waals surface area contributed by atoms with Gasteiger partial charge in [-0.25, -0.2) is 4.79 Å². The van der Waals surface area contributed by atoms with Gasteiger partial charge in [-0.15, -0.1) is 0 Å². The zero-order valence-corrected chi connectivity index (χ0v) is 11.9. The van der Waals surface area contributed by atoms with E-state index in [4.69, 9.17) is 14.2 Å². The molecule has 1 heterocycles. The van der Waals surface area contributed by atoms with Gasteiger partial charge in [0.2, 0.25) is 0 Å². The summed E-state index contributed by atoms with van der Waals surface area (Å²) in [5.41, 5.74) is 0.845. The summed E-state index contributed by atoms with van der Waals surface area (Å²) < 4.78 is 16.3. The number of hydrogen-bond acceptors (Lipinski definition) is 4. The highest BCUT2D eigenvalue weighted by Gasteiger charge is 2.24. The van der Waals surface area contributed by atoms with Gasteiger partial charge in [0.1, 0.15) is 0 Å². The molecule has 20 heavy (non-hydrogen) atoms. The van der Waals surface area contributed by atoms with E-state index in [-0.39, 0.29) is 5.97 Å². The second-order valence-corrected chi connectivity index (χ2v) is 4.93. The van der Waals surface area contributed by atoms with Gasteiger partial charge in [-0.05, 0) is 31.2 Å². The first-order chi connectivity index (χ1) is 9.81. The summed E-state index contributed by atoms with van der Waals surface area (Å²) in [6.45, 7) is 4.30. The molecule has 1 saturated heterocycles. The van der Waals surface area contributed by atoms with E-state index in [2.05, 4.69) is 0 Å². The minimum atomic E-state index is -0.626. The zero-order valence-electron chi connectivity index (χ0n) is 11.9. The largest absolute Gasteiger partial charge is 0.464 e. The molecule has 0 spiro atoms. The molecule has 0 radical (unpaired) electrons. The van der Waals surface area contributed by atoms with Crippen LogP contribution in [0.5, 0.6) is 0 Å². The van der Waals surface area contributed by atoms with Crippen molar-refractivity contribution in [1.82, 2.24) is 0 Å². The summed E-state index contributed by atoms with van der Waals surface area (Å²) in [7, 11) is 0. The molecule has 0 N–H and O–H groups in total. The number of benzene rings is 1. The van der Waals surface area contributed by atoms with Crippen molar-refractivity contribution in [3.05, 3.63) is 35.9 Å². The summed E-state index contributed by atoms with van der Waals surface area (Å²) in [4.78, 5) is 12.0. The van der Waals surface area contributed by atoms with E-state index in [9.17, 15) is 4.79 Å². The first-order valence-electron chi connectivity index (χ1n) is 7.22. The number of ether oxygens (including phenoxy) is 3. The highest BCUT2D eigenvalue weighted by atomic mass is 16.6. The lowest BCUT2D eigenvalue weighted by atomic mass is 10.0. The molecule has 1 aromatic carbocycles. The molecule has 1 aliphatic rings. The molecule has 0 bridgehead atoms. The highest BCUT2D eigenvalue weighted by molar-refractivity contribution is 5.76. The molecule has 0 saturated carbocycles. The molecule has 4 nitrogen and oxygen atoms in total. The predicted molar refractivity (Wildman–Crippen MR) is 75.3 cm³/mol. The van der Waals surface area contributed by atoms with Crippen molar-refractivity contribution in [3.63, 3.8) is 0 Å². The molecule has 110 valence electrons. The Bertz CT molecular complexity index is 398. The van der Waals surface area contributed by atoms with E-state index < -0.39 is 6.10 Å². The zero-order chi connectivity index (χ0) is 14.2. The van der Waals surface area contributed by atoms with Gasteiger partial charge >= 0.3 is 5.97 Å². The van der Waals surface area contributed by atoms with Crippen LogP contribution >= 0.6 is 0 Å². The smallest absolute Gasteiger partial charge is 0.339 e. The Labute approximate surface area is 120 Å². The molecule has 0 aliphatic carbocycles. The van der Waals surface area contributed by atoms with Crippen LogP contribution in [0.15, 0.2) is 30.3 Å². The van der Waals surface area contributed by atoms with Crippen molar-refractivity contribution < 1.29 is 19.0 Å². The van der Waals surface area contributed by atoms with Gasteiger partial charge in [-0.2, -0.15) is 0 Å². The maximum absolute atomic E-state index is 12.0. The molecular weight excluding hydrogens is 256 g/mol. The van der Waals surface area contributed by atoms with Crippen molar-refractivity contribution in [2.24, 2.45) is 5.92 Å². The molecule has 1 unspecified atom stereocenters. The normalized spacial score (nSPS) is 17.6. The summed E-state index contributed by atoms with van der Waals surface area (Å²) in [6, 6.07) is 9.51. The Hall–Kier alpha value is -1.39. The van der Waals surface area contributed by atoms with Gasteiger partial charge in [-0.3, -0.25) is 0 Å². The van der Waals surface area contributed by atoms with E-state index in [1.165, 1.54) is 0 Å². The lowest BCUT2D eigenvalue weighted by Gasteiger charge is -2.24. The Balaban J connectivity index is 1.97. The number of carbonyl (C=O) groups is 1. The third kappa shape index (κ3) is 4.32. The average molecular weight is 278 g/mol. The minimum absolute atomic E-state index is 0.314. The van der Waals surface area contributed by atoms with Crippen LogP contribution in [-0.4, -0.2) is 32.4 Å². The maximum Gasteiger partial charge on any atom is 0.339 e. The molecule has 2 rings (SSSR count). The highest BCUT2D eigenvalue weighted by Crippen LogP contribution is 2.23. The van der Waals surface area contributed by atoms with Crippen molar-refractivity contribution in [2.45, 2.75) is 25.9 Å². The molecule has 1 aromatic rings. The van der Waals surface area contributed by atoms with Gasteiger partial charge in [0.15, 0.2) is 6.10 Å². The fourth-order valence-corrected chi connectivity index (χ4v) is 2.29. The lowest BCUT2D eigenvalue weighted by Crippen LogP contribution is -2.25. The third-order valence-corrected chi connectivity index (χ3v) is 3.44. The van der Waals surface area contributed by atoms with Gasteiger partial charge < -0.3 is 14.2 Å². The van der Waals surface area contributed by atoms with Crippen LogP contribution < -0.4 is 0 Å². The quantitative estimate of drug-likeness (QED) is 0.751. The monoisotopic (exact) mass is 278 g/mol. The Morgan fingerprint density at radius 1 is 1.30 bits per heavy atom. The Morgan fingerprint density at radius 2 is 2.00 bits per heavy atom. The lowest BCUT2D eigenvalue weighted by molar-refractivity contribution is -0.158. The van der Waals surface area contributed by atoms with E-state index in [1.807, 2.05) is 30.3 Å². The summed E-state index contributed by atoms with van der Waals surface area (Å²) >= 11 is 0. The second kappa shape index (κ2) is 8.02. The van der Waals surface area contributed by atoms with E-state index in [0.717, 1.165) is 31.6 Å². The van der Waals surface area contributed by atoms with Crippen LogP contribution in [0, 0.1) is 5.92 Å². The number of esters is 1. The summed E-state index contributed by atoms with van der Waals surface area (Å²) in [5.74, 6) is 0.148. The van der Waals surface area contributed by atoms with E-state index >= 15 is 0 Å². The first kappa shape index (κ1) is 15.0. The maximum atomic E-state index is 12.0. The van der Waals surface area contributed by atoms with Crippen LogP contribution in [0.4, 0.5) is 0 Å².